The second kappa shape index (κ2) is 5.87. The van der Waals surface area contributed by atoms with Gasteiger partial charge in [0.1, 0.15) is 0 Å². The highest BCUT2D eigenvalue weighted by Crippen LogP contribution is 2.15. The number of nitrogen functional groups attached to an aromatic ring is 1. The summed E-state index contributed by atoms with van der Waals surface area (Å²) in [6, 6.07) is 0. The minimum atomic E-state index is 0.446. The van der Waals surface area contributed by atoms with Crippen molar-refractivity contribution in [2.75, 3.05) is 24.7 Å². The second-order valence-corrected chi connectivity index (χ2v) is 3.92. The molecule has 0 aliphatic rings. The summed E-state index contributed by atoms with van der Waals surface area (Å²) in [4.78, 5) is 0. The van der Waals surface area contributed by atoms with Crippen molar-refractivity contribution < 1.29 is 4.74 Å². The molecule has 1 rings (SSSR count). The van der Waals surface area contributed by atoms with E-state index in [0.29, 0.717) is 5.95 Å². The van der Waals surface area contributed by atoms with Gasteiger partial charge in [-0.05, 0) is 6.42 Å². The molecule has 1 aromatic rings. The van der Waals surface area contributed by atoms with E-state index in [4.69, 9.17) is 10.5 Å². The Morgan fingerprint density at radius 3 is 2.79 bits per heavy atom. The van der Waals surface area contributed by atoms with E-state index in [1.807, 2.05) is 7.05 Å². The average molecular weight is 216 g/mol. The van der Waals surface area contributed by atoms with Gasteiger partial charge in [0.05, 0.1) is 6.61 Å². The van der Waals surface area contributed by atoms with Crippen LogP contribution in [0.5, 0.6) is 0 Å². The SMILES string of the molecule is CCCOCCSc1nnc(N)n1C. The van der Waals surface area contributed by atoms with Crippen molar-refractivity contribution in [2.45, 2.75) is 18.5 Å². The van der Waals surface area contributed by atoms with Crippen molar-refractivity contribution in [3.63, 3.8) is 0 Å². The Hall–Kier alpha value is -0.750. The molecular weight excluding hydrogens is 200 g/mol. The highest BCUT2D eigenvalue weighted by atomic mass is 32.2. The van der Waals surface area contributed by atoms with Gasteiger partial charge in [-0.1, -0.05) is 18.7 Å². The van der Waals surface area contributed by atoms with Crippen molar-refractivity contribution in [1.82, 2.24) is 14.8 Å². The molecule has 1 aromatic heterocycles. The Bertz CT molecular complexity index is 276. The van der Waals surface area contributed by atoms with Crippen LogP contribution in [0.4, 0.5) is 5.95 Å². The van der Waals surface area contributed by atoms with E-state index >= 15 is 0 Å². The zero-order valence-corrected chi connectivity index (χ0v) is 9.38. The quantitative estimate of drug-likeness (QED) is 0.565. The lowest BCUT2D eigenvalue weighted by atomic mass is 10.5. The summed E-state index contributed by atoms with van der Waals surface area (Å²) in [7, 11) is 1.85. The molecule has 0 atom stereocenters. The third kappa shape index (κ3) is 3.19. The lowest BCUT2D eigenvalue weighted by Crippen LogP contribution is -2.01. The normalized spacial score (nSPS) is 10.7. The van der Waals surface area contributed by atoms with Crippen LogP contribution < -0.4 is 5.73 Å². The number of thioether (sulfide) groups is 1. The maximum Gasteiger partial charge on any atom is 0.222 e. The lowest BCUT2D eigenvalue weighted by Gasteiger charge is -2.02. The van der Waals surface area contributed by atoms with Crippen LogP contribution in [0.15, 0.2) is 5.16 Å². The predicted molar refractivity (Wildman–Crippen MR) is 57.2 cm³/mol. The molecule has 0 aliphatic carbocycles. The summed E-state index contributed by atoms with van der Waals surface area (Å²) in [5.74, 6) is 1.33. The molecule has 2 N–H and O–H groups in total. The number of anilines is 1. The summed E-state index contributed by atoms with van der Waals surface area (Å²) in [5, 5.41) is 8.52. The van der Waals surface area contributed by atoms with Gasteiger partial charge in [0, 0.05) is 19.4 Å². The van der Waals surface area contributed by atoms with E-state index in [0.717, 1.165) is 30.5 Å². The third-order valence-electron chi connectivity index (χ3n) is 1.68. The van der Waals surface area contributed by atoms with Crippen LogP contribution >= 0.6 is 11.8 Å². The Kier molecular flexibility index (Phi) is 4.75. The molecule has 14 heavy (non-hydrogen) atoms. The molecule has 0 fully saturated rings. The van der Waals surface area contributed by atoms with Gasteiger partial charge >= 0.3 is 0 Å². The molecule has 0 radical (unpaired) electrons. The molecule has 0 amide bonds. The van der Waals surface area contributed by atoms with E-state index in [9.17, 15) is 0 Å². The van der Waals surface area contributed by atoms with E-state index < -0.39 is 0 Å². The number of ether oxygens (including phenoxy) is 1. The predicted octanol–water partition coefficient (Wildman–Crippen LogP) is 0.916. The van der Waals surface area contributed by atoms with Crippen molar-refractivity contribution >= 4 is 17.7 Å². The summed E-state index contributed by atoms with van der Waals surface area (Å²) in [6.07, 6.45) is 1.06. The van der Waals surface area contributed by atoms with Gasteiger partial charge in [0.2, 0.25) is 5.95 Å². The fraction of sp³-hybridized carbons (Fsp3) is 0.750. The second-order valence-electron chi connectivity index (χ2n) is 2.86. The van der Waals surface area contributed by atoms with Gasteiger partial charge in [0.15, 0.2) is 5.16 Å². The molecule has 1 heterocycles. The van der Waals surface area contributed by atoms with Crippen molar-refractivity contribution in [3.05, 3.63) is 0 Å². The van der Waals surface area contributed by atoms with E-state index in [-0.39, 0.29) is 0 Å². The first-order chi connectivity index (χ1) is 6.75. The molecule has 0 unspecified atom stereocenters. The van der Waals surface area contributed by atoms with Gasteiger partial charge < -0.3 is 10.5 Å². The molecule has 0 spiro atoms. The summed E-state index contributed by atoms with van der Waals surface area (Å²) >= 11 is 1.60. The van der Waals surface area contributed by atoms with Crippen molar-refractivity contribution in [1.29, 1.82) is 0 Å². The molecule has 5 nitrogen and oxygen atoms in total. The van der Waals surface area contributed by atoms with Gasteiger partial charge in [-0.25, -0.2) is 0 Å². The molecule has 0 aliphatic heterocycles. The first-order valence-electron chi connectivity index (χ1n) is 4.61. The highest BCUT2D eigenvalue weighted by molar-refractivity contribution is 7.99. The maximum atomic E-state index is 5.54. The van der Waals surface area contributed by atoms with Gasteiger partial charge in [-0.2, -0.15) is 0 Å². The Morgan fingerprint density at radius 1 is 1.43 bits per heavy atom. The third-order valence-corrected chi connectivity index (χ3v) is 2.66. The molecule has 0 bridgehead atoms. The number of nitrogens with two attached hydrogens (primary N) is 1. The molecule has 6 heteroatoms. The largest absolute Gasteiger partial charge is 0.381 e. The minimum absolute atomic E-state index is 0.446. The minimum Gasteiger partial charge on any atom is -0.381 e. The number of hydrogen-bond acceptors (Lipinski definition) is 5. The van der Waals surface area contributed by atoms with Crippen molar-refractivity contribution in [2.24, 2.45) is 7.05 Å². The van der Waals surface area contributed by atoms with Crippen LogP contribution in [0.1, 0.15) is 13.3 Å². The van der Waals surface area contributed by atoms with Crippen LogP contribution in [0.25, 0.3) is 0 Å². The topological polar surface area (TPSA) is 66.0 Å². The van der Waals surface area contributed by atoms with Gasteiger partial charge in [0.25, 0.3) is 0 Å². The van der Waals surface area contributed by atoms with E-state index in [1.54, 1.807) is 16.3 Å². The molecular formula is C8H16N4OS. The Balaban J connectivity index is 2.21. The molecule has 0 aromatic carbocycles. The van der Waals surface area contributed by atoms with Crippen LogP contribution in [-0.4, -0.2) is 33.7 Å². The number of hydrogen-bond donors (Lipinski definition) is 1. The molecule has 0 saturated heterocycles. The van der Waals surface area contributed by atoms with Crippen LogP contribution in [0.3, 0.4) is 0 Å². The lowest BCUT2D eigenvalue weighted by molar-refractivity contribution is 0.151. The fourth-order valence-electron chi connectivity index (χ4n) is 0.890. The van der Waals surface area contributed by atoms with Crippen LogP contribution in [0, 0.1) is 0 Å². The zero-order chi connectivity index (χ0) is 10.4. The van der Waals surface area contributed by atoms with E-state index in [2.05, 4.69) is 17.1 Å². The maximum absolute atomic E-state index is 5.54. The van der Waals surface area contributed by atoms with E-state index in [1.165, 1.54) is 0 Å². The number of rotatable bonds is 6. The molecule has 0 saturated carbocycles. The highest BCUT2D eigenvalue weighted by Gasteiger charge is 2.04. The summed E-state index contributed by atoms with van der Waals surface area (Å²) in [5.41, 5.74) is 5.54. The first kappa shape index (κ1) is 11.3. The Labute approximate surface area is 88.0 Å². The van der Waals surface area contributed by atoms with Crippen molar-refractivity contribution in [3.8, 4) is 0 Å². The Morgan fingerprint density at radius 2 is 2.21 bits per heavy atom. The summed E-state index contributed by atoms with van der Waals surface area (Å²) < 4.78 is 7.11. The monoisotopic (exact) mass is 216 g/mol. The number of nitrogens with zero attached hydrogens (tertiary/aromatic N) is 3. The fourth-order valence-corrected chi connectivity index (χ4v) is 1.66. The first-order valence-corrected chi connectivity index (χ1v) is 5.59. The standard InChI is InChI=1S/C8H16N4OS/c1-3-4-13-5-6-14-8-11-10-7(9)12(8)2/h3-6H2,1-2H3,(H2,9,10). The van der Waals surface area contributed by atoms with Gasteiger partial charge in [-0.3, -0.25) is 4.57 Å². The van der Waals surface area contributed by atoms with Crippen LogP contribution in [0.2, 0.25) is 0 Å². The van der Waals surface area contributed by atoms with Crippen LogP contribution in [-0.2, 0) is 11.8 Å². The molecule has 80 valence electrons. The summed E-state index contributed by atoms with van der Waals surface area (Å²) in [6.45, 7) is 3.66. The zero-order valence-electron chi connectivity index (χ0n) is 8.56. The smallest absolute Gasteiger partial charge is 0.222 e. The van der Waals surface area contributed by atoms with Gasteiger partial charge in [-0.15, -0.1) is 10.2 Å². The number of aromatic nitrogens is 3. The average Bonchev–Trinajstić information content (AvgIpc) is 2.49.